The van der Waals surface area contributed by atoms with Gasteiger partial charge in [-0.2, -0.15) is 0 Å². The largest absolute Gasteiger partial charge is 0.369 e. The number of benzene rings is 1. The Balaban J connectivity index is 1.79. The summed E-state index contributed by atoms with van der Waals surface area (Å²) in [7, 11) is 0. The number of imidazole rings is 1. The molecular formula is C15H19F2N3. The maximum absolute atomic E-state index is 13.9. The van der Waals surface area contributed by atoms with Crippen LogP contribution in [0, 0.1) is 17.6 Å². The standard InChI is InChI=1S/C15H19F2N3/c16-11-7-8-12-14(13(11)17)20(15(18)19-12)9-3-6-10-4-1-2-5-10/h7-8,10H,1-6,9H2,(H2,18,19). The lowest BCUT2D eigenvalue weighted by Crippen LogP contribution is -2.06. The normalized spacial score (nSPS) is 16.3. The number of hydrogen-bond donors (Lipinski definition) is 1. The molecule has 1 aromatic carbocycles. The average molecular weight is 279 g/mol. The molecule has 20 heavy (non-hydrogen) atoms. The third-order valence-corrected chi connectivity index (χ3v) is 4.30. The summed E-state index contributed by atoms with van der Waals surface area (Å²) in [5.74, 6) is -0.662. The lowest BCUT2D eigenvalue weighted by atomic mass is 10.0. The third-order valence-electron chi connectivity index (χ3n) is 4.30. The van der Waals surface area contributed by atoms with Crippen molar-refractivity contribution in [3.63, 3.8) is 0 Å². The molecule has 0 atom stereocenters. The van der Waals surface area contributed by atoms with Crippen molar-refractivity contribution >= 4 is 17.0 Å². The Kier molecular flexibility index (Phi) is 3.59. The summed E-state index contributed by atoms with van der Waals surface area (Å²) < 4.78 is 28.9. The van der Waals surface area contributed by atoms with Crippen molar-refractivity contribution in [3.05, 3.63) is 23.8 Å². The van der Waals surface area contributed by atoms with Gasteiger partial charge in [0.2, 0.25) is 5.95 Å². The first-order chi connectivity index (χ1) is 9.66. The summed E-state index contributed by atoms with van der Waals surface area (Å²) in [5.41, 5.74) is 6.44. The van der Waals surface area contributed by atoms with Gasteiger partial charge in [-0.15, -0.1) is 0 Å². The van der Waals surface area contributed by atoms with Gasteiger partial charge in [0, 0.05) is 6.54 Å². The van der Waals surface area contributed by atoms with Gasteiger partial charge in [0.1, 0.15) is 5.52 Å². The Morgan fingerprint density at radius 3 is 2.75 bits per heavy atom. The maximum atomic E-state index is 13.9. The minimum atomic E-state index is -0.854. The van der Waals surface area contributed by atoms with Crippen LogP contribution in [-0.2, 0) is 6.54 Å². The summed E-state index contributed by atoms with van der Waals surface area (Å²) in [5, 5.41) is 0. The van der Waals surface area contributed by atoms with Crippen molar-refractivity contribution in [2.75, 3.05) is 5.73 Å². The van der Waals surface area contributed by atoms with Crippen LogP contribution in [0.5, 0.6) is 0 Å². The molecule has 5 heteroatoms. The summed E-state index contributed by atoms with van der Waals surface area (Å²) >= 11 is 0. The molecule has 3 rings (SSSR count). The number of nitrogen functional groups attached to an aromatic ring is 1. The molecule has 0 spiro atoms. The van der Waals surface area contributed by atoms with Gasteiger partial charge in [-0.1, -0.05) is 25.7 Å². The lowest BCUT2D eigenvalue weighted by molar-refractivity contribution is 0.459. The van der Waals surface area contributed by atoms with E-state index in [4.69, 9.17) is 5.73 Å². The molecule has 1 fully saturated rings. The number of nitrogens with zero attached hydrogens (tertiary/aromatic N) is 2. The molecule has 0 radical (unpaired) electrons. The van der Waals surface area contributed by atoms with E-state index in [1.54, 1.807) is 4.57 Å². The maximum Gasteiger partial charge on any atom is 0.201 e. The van der Waals surface area contributed by atoms with Crippen LogP contribution in [0.25, 0.3) is 11.0 Å². The van der Waals surface area contributed by atoms with Crippen LogP contribution in [0.3, 0.4) is 0 Å². The molecule has 2 aromatic rings. The van der Waals surface area contributed by atoms with E-state index in [0.717, 1.165) is 24.8 Å². The number of aromatic nitrogens is 2. The van der Waals surface area contributed by atoms with Gasteiger partial charge < -0.3 is 10.3 Å². The summed E-state index contributed by atoms with van der Waals surface area (Å²) in [4.78, 5) is 4.10. The van der Waals surface area contributed by atoms with Gasteiger partial charge in [-0.25, -0.2) is 13.8 Å². The zero-order valence-corrected chi connectivity index (χ0v) is 11.4. The number of rotatable bonds is 4. The van der Waals surface area contributed by atoms with Crippen molar-refractivity contribution in [2.24, 2.45) is 5.92 Å². The predicted octanol–water partition coefficient (Wildman–Crippen LogP) is 3.87. The second kappa shape index (κ2) is 5.38. The van der Waals surface area contributed by atoms with Gasteiger partial charge in [0.25, 0.3) is 0 Å². The fraction of sp³-hybridized carbons (Fsp3) is 0.533. The quantitative estimate of drug-likeness (QED) is 0.923. The van der Waals surface area contributed by atoms with Crippen molar-refractivity contribution in [1.82, 2.24) is 9.55 Å². The van der Waals surface area contributed by atoms with Gasteiger partial charge in [-0.3, -0.25) is 0 Å². The average Bonchev–Trinajstić information content (AvgIpc) is 3.03. The molecule has 3 nitrogen and oxygen atoms in total. The molecule has 0 unspecified atom stereocenters. The van der Waals surface area contributed by atoms with E-state index in [-0.39, 0.29) is 11.5 Å². The number of aryl methyl sites for hydroxylation is 1. The highest BCUT2D eigenvalue weighted by Crippen LogP contribution is 2.29. The third kappa shape index (κ3) is 2.37. The van der Waals surface area contributed by atoms with Crippen molar-refractivity contribution in [2.45, 2.75) is 45.1 Å². The Morgan fingerprint density at radius 1 is 1.25 bits per heavy atom. The molecular weight excluding hydrogens is 260 g/mol. The van der Waals surface area contributed by atoms with Crippen molar-refractivity contribution in [3.8, 4) is 0 Å². The van der Waals surface area contributed by atoms with Gasteiger partial charge in [0.05, 0.1) is 5.52 Å². The van der Waals surface area contributed by atoms with Gasteiger partial charge >= 0.3 is 0 Å². The molecule has 108 valence electrons. The Hall–Kier alpha value is -1.65. The highest BCUT2D eigenvalue weighted by Gasteiger charge is 2.17. The van der Waals surface area contributed by atoms with E-state index in [9.17, 15) is 8.78 Å². The van der Waals surface area contributed by atoms with Crippen LogP contribution in [0.1, 0.15) is 38.5 Å². The monoisotopic (exact) mass is 279 g/mol. The lowest BCUT2D eigenvalue weighted by Gasteiger charge is -2.10. The molecule has 0 aliphatic heterocycles. The Labute approximate surface area is 116 Å². The van der Waals surface area contributed by atoms with Crippen LogP contribution < -0.4 is 5.73 Å². The van der Waals surface area contributed by atoms with Gasteiger partial charge in [0.15, 0.2) is 11.6 Å². The zero-order chi connectivity index (χ0) is 14.1. The minimum absolute atomic E-state index is 0.189. The number of anilines is 1. The fourth-order valence-electron chi connectivity index (χ4n) is 3.24. The molecule has 1 heterocycles. The first-order valence-electron chi connectivity index (χ1n) is 7.26. The van der Waals surface area contributed by atoms with E-state index in [1.165, 1.54) is 31.7 Å². The van der Waals surface area contributed by atoms with Gasteiger partial charge in [-0.05, 0) is 30.9 Å². The Bertz CT molecular complexity index is 615. The first-order valence-corrected chi connectivity index (χ1v) is 7.26. The SMILES string of the molecule is Nc1nc2ccc(F)c(F)c2n1CCCC1CCCC1. The summed E-state index contributed by atoms with van der Waals surface area (Å²) in [6, 6.07) is 2.56. The van der Waals surface area contributed by atoms with E-state index in [2.05, 4.69) is 4.98 Å². The van der Waals surface area contributed by atoms with E-state index in [1.807, 2.05) is 0 Å². The van der Waals surface area contributed by atoms with Crippen LogP contribution in [0.15, 0.2) is 12.1 Å². The number of fused-ring (bicyclic) bond motifs is 1. The first kappa shape index (κ1) is 13.3. The Morgan fingerprint density at radius 2 is 2.00 bits per heavy atom. The zero-order valence-electron chi connectivity index (χ0n) is 11.4. The van der Waals surface area contributed by atoms with E-state index >= 15 is 0 Å². The van der Waals surface area contributed by atoms with E-state index in [0.29, 0.717) is 12.1 Å². The number of nitrogens with two attached hydrogens (primary N) is 1. The number of halogens is 2. The highest BCUT2D eigenvalue weighted by atomic mass is 19.2. The molecule has 1 aromatic heterocycles. The molecule has 0 bridgehead atoms. The molecule has 0 saturated heterocycles. The molecule has 1 aliphatic rings. The van der Waals surface area contributed by atoms with Crippen LogP contribution in [0.2, 0.25) is 0 Å². The van der Waals surface area contributed by atoms with Crippen molar-refractivity contribution < 1.29 is 8.78 Å². The molecule has 2 N–H and O–H groups in total. The molecule has 1 aliphatic carbocycles. The summed E-state index contributed by atoms with van der Waals surface area (Å²) in [6.45, 7) is 0.596. The van der Waals surface area contributed by atoms with Crippen LogP contribution in [0.4, 0.5) is 14.7 Å². The second-order valence-corrected chi connectivity index (χ2v) is 5.64. The minimum Gasteiger partial charge on any atom is -0.369 e. The molecule has 1 saturated carbocycles. The van der Waals surface area contributed by atoms with Crippen LogP contribution in [-0.4, -0.2) is 9.55 Å². The van der Waals surface area contributed by atoms with Crippen molar-refractivity contribution in [1.29, 1.82) is 0 Å². The summed E-state index contributed by atoms with van der Waals surface area (Å²) in [6.07, 6.45) is 7.28. The topological polar surface area (TPSA) is 43.8 Å². The predicted molar refractivity (Wildman–Crippen MR) is 75.3 cm³/mol. The molecule has 0 amide bonds. The van der Waals surface area contributed by atoms with E-state index < -0.39 is 11.6 Å². The second-order valence-electron chi connectivity index (χ2n) is 5.64. The number of hydrogen-bond acceptors (Lipinski definition) is 2. The smallest absolute Gasteiger partial charge is 0.201 e. The van der Waals surface area contributed by atoms with Crippen LogP contribution >= 0.6 is 0 Å². The fourth-order valence-corrected chi connectivity index (χ4v) is 3.24. The highest BCUT2D eigenvalue weighted by molar-refractivity contribution is 5.79.